The van der Waals surface area contributed by atoms with Crippen LogP contribution in [0.2, 0.25) is 0 Å². The third-order valence-corrected chi connectivity index (χ3v) is 10.2. The van der Waals surface area contributed by atoms with Crippen LogP contribution in [0.1, 0.15) is 35.6 Å². The minimum absolute atomic E-state index is 0.0103. The Hall–Kier alpha value is -5.76. The number of sulfone groups is 1. The number of aliphatic hydroxyl groups excluding tert-OH is 1. The van der Waals surface area contributed by atoms with Crippen molar-refractivity contribution < 1.29 is 42.0 Å². The van der Waals surface area contributed by atoms with E-state index in [0.29, 0.717) is 52.7 Å². The van der Waals surface area contributed by atoms with E-state index in [9.17, 15) is 18.7 Å². The normalized spacial score (nSPS) is 16.5. The summed E-state index contributed by atoms with van der Waals surface area (Å²) in [6.07, 6.45) is -1.08. The highest BCUT2D eigenvalue weighted by Gasteiger charge is 2.54. The van der Waals surface area contributed by atoms with Crippen molar-refractivity contribution in [2.75, 3.05) is 40.3 Å². The number of amides is 1. The molecule has 0 unspecified atom stereocenters. The van der Waals surface area contributed by atoms with Gasteiger partial charge >= 0.3 is 0 Å². The lowest BCUT2D eigenvalue weighted by Crippen LogP contribution is -2.49. The fourth-order valence-corrected chi connectivity index (χ4v) is 7.19. The summed E-state index contributed by atoms with van der Waals surface area (Å²) in [6, 6.07) is 24.6. The average molecular weight is 730 g/mol. The van der Waals surface area contributed by atoms with E-state index >= 15 is 0 Å². The van der Waals surface area contributed by atoms with Crippen molar-refractivity contribution >= 4 is 27.3 Å². The molecule has 2 atom stereocenters. The SMILES string of the molecule is COc1cc(OC)c(CNC(=O)[C@]2(CCS(=O)(=O)c3ccccc3)N=C(c3ccc(OCCCO)cc3)O[C@@H]2c2ccccc2N=[N+]=[N-])c(OC)c1. The number of hydrogen-bond acceptors (Lipinski definition) is 11. The summed E-state index contributed by atoms with van der Waals surface area (Å²) in [6.45, 7) is 0.204. The van der Waals surface area contributed by atoms with Crippen LogP contribution in [0.25, 0.3) is 10.4 Å². The van der Waals surface area contributed by atoms with Crippen molar-refractivity contribution in [3.05, 3.63) is 118 Å². The molecule has 0 aromatic heterocycles. The molecular weight excluding hydrogens is 690 g/mol. The predicted molar refractivity (Wildman–Crippen MR) is 193 cm³/mol. The van der Waals surface area contributed by atoms with Crippen molar-refractivity contribution in [3.63, 3.8) is 0 Å². The van der Waals surface area contributed by atoms with Crippen LogP contribution in [-0.2, 0) is 25.9 Å². The number of nitrogens with one attached hydrogen (secondary N) is 1. The Balaban J connectivity index is 1.63. The molecule has 0 spiro atoms. The van der Waals surface area contributed by atoms with Gasteiger partial charge < -0.3 is 34.1 Å². The van der Waals surface area contributed by atoms with Crippen LogP contribution in [0.5, 0.6) is 23.0 Å². The largest absolute Gasteiger partial charge is 0.496 e. The topological polar surface area (TPSA) is 191 Å². The Kier molecular flexibility index (Phi) is 12.2. The van der Waals surface area contributed by atoms with E-state index in [1.807, 2.05) is 0 Å². The Labute approximate surface area is 301 Å². The van der Waals surface area contributed by atoms with E-state index in [2.05, 4.69) is 15.3 Å². The molecule has 0 saturated carbocycles. The lowest BCUT2D eigenvalue weighted by atomic mass is 9.84. The lowest BCUT2D eigenvalue weighted by Gasteiger charge is -2.31. The number of methoxy groups -OCH3 is 3. The minimum Gasteiger partial charge on any atom is -0.496 e. The zero-order valence-electron chi connectivity index (χ0n) is 28.9. The molecule has 0 saturated heterocycles. The highest BCUT2D eigenvalue weighted by atomic mass is 32.2. The molecule has 0 aliphatic carbocycles. The van der Waals surface area contributed by atoms with E-state index in [1.165, 1.54) is 33.5 Å². The number of nitrogens with zero attached hydrogens (tertiary/aromatic N) is 4. The van der Waals surface area contributed by atoms with Crippen molar-refractivity contribution in [2.24, 2.45) is 10.1 Å². The molecule has 1 aliphatic heterocycles. The number of azide groups is 1. The molecule has 14 nitrogen and oxygen atoms in total. The van der Waals surface area contributed by atoms with Gasteiger partial charge in [-0.25, -0.2) is 13.4 Å². The second-order valence-corrected chi connectivity index (χ2v) is 13.7. The smallest absolute Gasteiger partial charge is 0.252 e. The molecule has 4 aromatic carbocycles. The summed E-state index contributed by atoms with van der Waals surface area (Å²) >= 11 is 0. The molecular formula is C37H39N5O9S. The number of aliphatic imine (C=N–C) groups is 1. The van der Waals surface area contributed by atoms with Gasteiger partial charge in [0, 0.05) is 53.3 Å². The number of carbonyl (C=O) groups is 1. The molecule has 0 bridgehead atoms. The standard InChI is InChI=1S/C37H39N5O9S/c1-47-27-22-32(48-2)30(33(23-27)49-3)24-39-36(44)37(18-21-52(45,46)28-10-5-4-6-11-28)34(29-12-7-8-13-31(29)41-42-38)51-35(40-37)25-14-16-26(17-15-25)50-20-9-19-43/h4-8,10-17,22-23,34,43H,9,18-21,24H2,1-3H3,(H,39,44)/t34-,37-/m1/s1. The number of hydrogen-bond donors (Lipinski definition) is 2. The van der Waals surface area contributed by atoms with Gasteiger partial charge in [-0.3, -0.25) is 4.79 Å². The average Bonchev–Trinajstić information content (AvgIpc) is 3.57. The highest BCUT2D eigenvalue weighted by molar-refractivity contribution is 7.91. The summed E-state index contributed by atoms with van der Waals surface area (Å²) in [5.41, 5.74) is 9.02. The summed E-state index contributed by atoms with van der Waals surface area (Å²) in [5, 5.41) is 15.9. The van der Waals surface area contributed by atoms with E-state index < -0.39 is 33.1 Å². The van der Waals surface area contributed by atoms with Crippen molar-refractivity contribution in [3.8, 4) is 23.0 Å². The van der Waals surface area contributed by atoms with Crippen LogP contribution in [0.15, 0.2) is 106 Å². The summed E-state index contributed by atoms with van der Waals surface area (Å²) in [7, 11) is 0.539. The Bertz CT molecular complexity index is 2030. The van der Waals surface area contributed by atoms with Crippen LogP contribution in [-0.4, -0.2) is 71.2 Å². The molecule has 15 heteroatoms. The second kappa shape index (κ2) is 17.0. The van der Waals surface area contributed by atoms with E-state index in [0.717, 1.165) is 0 Å². The number of aliphatic hydroxyl groups is 1. The maximum Gasteiger partial charge on any atom is 0.252 e. The van der Waals surface area contributed by atoms with E-state index in [1.54, 1.807) is 78.9 Å². The molecule has 1 amide bonds. The van der Waals surface area contributed by atoms with Gasteiger partial charge in [-0.05, 0) is 41.9 Å². The van der Waals surface area contributed by atoms with Gasteiger partial charge in [-0.2, -0.15) is 0 Å². The number of benzene rings is 4. The summed E-state index contributed by atoms with van der Waals surface area (Å²) in [4.78, 5) is 22.8. The Morgan fingerprint density at radius 1 is 0.962 bits per heavy atom. The van der Waals surface area contributed by atoms with E-state index in [4.69, 9.17) is 33.8 Å². The second-order valence-electron chi connectivity index (χ2n) is 11.6. The lowest BCUT2D eigenvalue weighted by molar-refractivity contribution is -0.129. The summed E-state index contributed by atoms with van der Waals surface area (Å²) in [5.74, 6) is 0.722. The number of carbonyl (C=O) groups excluding carboxylic acids is 1. The molecule has 272 valence electrons. The molecule has 0 radical (unpaired) electrons. The van der Waals surface area contributed by atoms with Crippen molar-refractivity contribution in [1.29, 1.82) is 0 Å². The van der Waals surface area contributed by atoms with Crippen LogP contribution < -0.4 is 24.3 Å². The maximum absolute atomic E-state index is 14.8. The fraction of sp³-hybridized carbons (Fsp3) is 0.297. The van der Waals surface area contributed by atoms with Crippen LogP contribution in [0, 0.1) is 0 Å². The molecule has 2 N–H and O–H groups in total. The predicted octanol–water partition coefficient (Wildman–Crippen LogP) is 5.85. The number of rotatable bonds is 17. The van der Waals surface area contributed by atoms with Crippen LogP contribution >= 0.6 is 0 Å². The third kappa shape index (κ3) is 8.23. The van der Waals surface area contributed by atoms with Gasteiger partial charge in [0.05, 0.1) is 50.7 Å². The van der Waals surface area contributed by atoms with Gasteiger partial charge in [0.15, 0.2) is 21.5 Å². The Morgan fingerprint density at radius 3 is 2.27 bits per heavy atom. The Morgan fingerprint density at radius 2 is 1.63 bits per heavy atom. The molecule has 1 heterocycles. The third-order valence-electron chi connectivity index (χ3n) is 8.50. The highest BCUT2D eigenvalue weighted by Crippen LogP contribution is 2.46. The summed E-state index contributed by atoms with van der Waals surface area (Å²) < 4.78 is 56.1. The first-order valence-electron chi connectivity index (χ1n) is 16.3. The molecule has 1 aliphatic rings. The van der Waals surface area contributed by atoms with Crippen molar-refractivity contribution in [2.45, 2.75) is 35.9 Å². The first-order chi connectivity index (χ1) is 25.2. The first-order valence-corrected chi connectivity index (χ1v) is 17.9. The minimum atomic E-state index is -3.92. The van der Waals surface area contributed by atoms with Crippen molar-refractivity contribution in [1.82, 2.24) is 5.32 Å². The molecule has 0 fully saturated rings. The zero-order chi connectivity index (χ0) is 37.1. The molecule has 4 aromatic rings. The van der Waals surface area contributed by atoms with Gasteiger partial charge in [0.1, 0.15) is 23.0 Å². The first kappa shape index (κ1) is 37.5. The monoisotopic (exact) mass is 729 g/mol. The fourth-order valence-electron chi connectivity index (χ4n) is 5.81. The van der Waals surface area contributed by atoms with E-state index in [-0.39, 0.29) is 36.1 Å². The van der Waals surface area contributed by atoms with Crippen LogP contribution in [0.3, 0.4) is 0 Å². The van der Waals surface area contributed by atoms with Gasteiger partial charge in [0.2, 0.25) is 5.90 Å². The molecule has 52 heavy (non-hydrogen) atoms. The quantitative estimate of drug-likeness (QED) is 0.0581. The zero-order valence-corrected chi connectivity index (χ0v) is 29.7. The van der Waals surface area contributed by atoms with Gasteiger partial charge in [0.25, 0.3) is 5.91 Å². The maximum atomic E-state index is 14.8. The van der Waals surface area contributed by atoms with Gasteiger partial charge in [-0.1, -0.05) is 47.6 Å². The van der Waals surface area contributed by atoms with Crippen LogP contribution in [0.4, 0.5) is 5.69 Å². The number of ether oxygens (including phenoxy) is 5. The van der Waals surface area contributed by atoms with Gasteiger partial charge in [-0.15, -0.1) is 0 Å². The molecule has 5 rings (SSSR count).